The summed E-state index contributed by atoms with van der Waals surface area (Å²) in [5, 5.41) is 0. The molecule has 0 aromatic heterocycles. The molecule has 96 valence electrons. The van der Waals surface area contributed by atoms with Crippen LogP contribution in [0.4, 0.5) is 0 Å². The molecule has 0 bridgehead atoms. The van der Waals surface area contributed by atoms with Crippen molar-refractivity contribution in [2.24, 2.45) is 5.41 Å². The van der Waals surface area contributed by atoms with Crippen LogP contribution in [0.3, 0.4) is 0 Å². The third kappa shape index (κ3) is 1.48. The molecule has 1 aliphatic rings. The molecule has 2 aromatic rings. The van der Waals surface area contributed by atoms with E-state index in [1.165, 1.54) is 11.1 Å². The Hall–Kier alpha value is -2.02. The van der Waals surface area contributed by atoms with Crippen LogP contribution in [0.2, 0.25) is 0 Å². The topological polar surface area (TPSA) is 9.23 Å². The molecule has 0 amide bonds. The highest BCUT2D eigenvalue weighted by atomic mass is 16.5. The Bertz CT molecular complexity index is 557. The third-order valence-electron chi connectivity index (χ3n) is 4.21. The lowest BCUT2D eigenvalue weighted by Crippen LogP contribution is -2.56. The largest absolute Gasteiger partial charge is 0.481 e. The van der Waals surface area contributed by atoms with Gasteiger partial charge in [-0.15, -0.1) is 0 Å². The minimum atomic E-state index is -0.424. The second-order valence-electron chi connectivity index (χ2n) is 5.56. The van der Waals surface area contributed by atoms with Crippen LogP contribution in [0.25, 0.3) is 0 Å². The van der Waals surface area contributed by atoms with E-state index < -0.39 is 5.60 Å². The molecule has 1 fully saturated rings. The first-order valence-electron chi connectivity index (χ1n) is 6.58. The summed E-state index contributed by atoms with van der Waals surface area (Å²) in [5.41, 5.74) is 1.82. The van der Waals surface area contributed by atoms with E-state index in [1.807, 2.05) is 12.1 Å². The molecular weight excluding hydrogens is 232 g/mol. The molecule has 1 aliphatic heterocycles. The van der Waals surface area contributed by atoms with Gasteiger partial charge in [0.2, 0.25) is 0 Å². The van der Waals surface area contributed by atoms with E-state index >= 15 is 0 Å². The fourth-order valence-electron chi connectivity index (χ4n) is 2.94. The van der Waals surface area contributed by atoms with Gasteiger partial charge in [0.15, 0.2) is 5.60 Å². The van der Waals surface area contributed by atoms with Gasteiger partial charge in [0.05, 0.1) is 5.41 Å². The predicted molar refractivity (Wildman–Crippen MR) is 77.7 cm³/mol. The molecule has 0 radical (unpaired) electrons. The fourth-order valence-corrected chi connectivity index (χ4v) is 2.94. The Morgan fingerprint density at radius 2 is 1.21 bits per heavy atom. The molecule has 1 heteroatoms. The van der Waals surface area contributed by atoms with Crippen LogP contribution < -0.4 is 0 Å². The molecule has 1 nitrogen and oxygen atoms in total. The second-order valence-corrected chi connectivity index (χ2v) is 5.56. The first-order valence-corrected chi connectivity index (χ1v) is 6.58. The summed E-state index contributed by atoms with van der Waals surface area (Å²) in [6, 6.07) is 20.8. The minimum Gasteiger partial charge on any atom is -0.481 e. The van der Waals surface area contributed by atoms with Crippen molar-refractivity contribution in [3.63, 3.8) is 0 Å². The van der Waals surface area contributed by atoms with Gasteiger partial charge in [-0.05, 0) is 13.8 Å². The van der Waals surface area contributed by atoms with Gasteiger partial charge in [-0.3, -0.25) is 0 Å². The maximum Gasteiger partial charge on any atom is 0.171 e. The Kier molecular flexibility index (Phi) is 2.53. The molecule has 2 aromatic carbocycles. The lowest BCUT2D eigenvalue weighted by molar-refractivity contribution is -0.171. The van der Waals surface area contributed by atoms with Crippen molar-refractivity contribution in [2.45, 2.75) is 19.4 Å². The molecule has 0 atom stereocenters. The van der Waals surface area contributed by atoms with Crippen molar-refractivity contribution in [1.82, 2.24) is 0 Å². The molecule has 1 saturated heterocycles. The molecule has 0 unspecified atom stereocenters. The Balaban J connectivity index is 2.22. The highest BCUT2D eigenvalue weighted by Gasteiger charge is 2.61. The van der Waals surface area contributed by atoms with Crippen LogP contribution in [0, 0.1) is 5.41 Å². The van der Waals surface area contributed by atoms with Crippen LogP contribution >= 0.6 is 0 Å². The molecule has 0 saturated carbocycles. The Morgan fingerprint density at radius 3 is 1.53 bits per heavy atom. The normalized spacial score (nSPS) is 19.4. The van der Waals surface area contributed by atoms with Crippen molar-refractivity contribution in [3.8, 4) is 0 Å². The molecule has 19 heavy (non-hydrogen) atoms. The van der Waals surface area contributed by atoms with E-state index in [0.717, 1.165) is 5.76 Å². The molecule has 0 N–H and O–H groups in total. The highest BCUT2D eigenvalue weighted by Crippen LogP contribution is 2.61. The lowest BCUT2D eigenvalue weighted by atomic mass is 9.61. The average molecular weight is 250 g/mol. The van der Waals surface area contributed by atoms with Crippen LogP contribution in [-0.4, -0.2) is 0 Å². The van der Waals surface area contributed by atoms with E-state index in [9.17, 15) is 0 Å². The first-order chi connectivity index (χ1) is 9.09. The monoisotopic (exact) mass is 250 g/mol. The van der Waals surface area contributed by atoms with Gasteiger partial charge in [0.25, 0.3) is 0 Å². The standard InChI is InChI=1S/C18H18O/c1-14-17(2,3)18(19-14,15-10-6-4-7-11-15)16-12-8-5-9-13-16/h4-13H,1H2,2-3H3. The number of hydrogen-bond donors (Lipinski definition) is 0. The van der Waals surface area contributed by atoms with Crippen LogP contribution in [0.1, 0.15) is 25.0 Å². The number of hydrogen-bond acceptors (Lipinski definition) is 1. The van der Waals surface area contributed by atoms with E-state index in [4.69, 9.17) is 4.74 Å². The molecular formula is C18H18O. The van der Waals surface area contributed by atoms with Gasteiger partial charge >= 0.3 is 0 Å². The summed E-state index contributed by atoms with van der Waals surface area (Å²) in [6.45, 7) is 8.42. The summed E-state index contributed by atoms with van der Waals surface area (Å²) < 4.78 is 6.12. The third-order valence-corrected chi connectivity index (χ3v) is 4.21. The van der Waals surface area contributed by atoms with Gasteiger partial charge in [0, 0.05) is 11.1 Å². The molecule has 3 rings (SSSR count). The average Bonchev–Trinajstić information content (AvgIpc) is 2.46. The van der Waals surface area contributed by atoms with E-state index in [0.29, 0.717) is 0 Å². The van der Waals surface area contributed by atoms with Crippen molar-refractivity contribution in [2.75, 3.05) is 0 Å². The molecule has 0 spiro atoms. The molecule has 0 aliphatic carbocycles. The zero-order valence-electron chi connectivity index (χ0n) is 11.4. The van der Waals surface area contributed by atoms with Gasteiger partial charge in [0.1, 0.15) is 5.76 Å². The van der Waals surface area contributed by atoms with Gasteiger partial charge in [-0.25, -0.2) is 0 Å². The van der Waals surface area contributed by atoms with Gasteiger partial charge in [-0.1, -0.05) is 67.2 Å². The first kappa shape index (κ1) is 12.0. The maximum absolute atomic E-state index is 6.12. The van der Waals surface area contributed by atoms with Crippen LogP contribution in [0.5, 0.6) is 0 Å². The minimum absolute atomic E-state index is 0.115. The Morgan fingerprint density at radius 1 is 0.789 bits per heavy atom. The quantitative estimate of drug-likeness (QED) is 0.762. The summed E-state index contributed by atoms with van der Waals surface area (Å²) in [7, 11) is 0. The summed E-state index contributed by atoms with van der Waals surface area (Å²) >= 11 is 0. The summed E-state index contributed by atoms with van der Waals surface area (Å²) in [6.07, 6.45) is 0. The van der Waals surface area contributed by atoms with Crippen molar-refractivity contribution in [3.05, 3.63) is 84.1 Å². The molecule has 1 heterocycles. The van der Waals surface area contributed by atoms with E-state index in [1.54, 1.807) is 0 Å². The second kappa shape index (κ2) is 3.99. The van der Waals surface area contributed by atoms with Gasteiger partial charge < -0.3 is 4.74 Å². The van der Waals surface area contributed by atoms with Crippen molar-refractivity contribution < 1.29 is 4.74 Å². The zero-order valence-corrected chi connectivity index (χ0v) is 11.4. The number of benzene rings is 2. The van der Waals surface area contributed by atoms with Crippen molar-refractivity contribution in [1.29, 1.82) is 0 Å². The van der Waals surface area contributed by atoms with Crippen molar-refractivity contribution >= 4 is 0 Å². The fraction of sp³-hybridized carbons (Fsp3) is 0.222. The predicted octanol–water partition coefficient (Wildman–Crippen LogP) is 4.50. The van der Waals surface area contributed by atoms with Crippen LogP contribution in [0.15, 0.2) is 73.0 Å². The number of rotatable bonds is 2. The Labute approximate surface area is 114 Å². The number of ether oxygens (including phenoxy) is 1. The maximum atomic E-state index is 6.12. The summed E-state index contributed by atoms with van der Waals surface area (Å²) in [4.78, 5) is 0. The lowest BCUT2D eigenvalue weighted by Gasteiger charge is -2.57. The zero-order chi connectivity index (χ0) is 13.5. The van der Waals surface area contributed by atoms with Gasteiger partial charge in [-0.2, -0.15) is 0 Å². The van der Waals surface area contributed by atoms with E-state index in [2.05, 4.69) is 69.0 Å². The highest BCUT2D eigenvalue weighted by molar-refractivity contribution is 5.46. The summed E-state index contributed by atoms with van der Waals surface area (Å²) in [5.74, 6) is 0.847. The smallest absolute Gasteiger partial charge is 0.171 e. The van der Waals surface area contributed by atoms with E-state index in [-0.39, 0.29) is 5.41 Å². The SMILES string of the molecule is C=C1OC(c2ccccc2)(c2ccccc2)C1(C)C. The van der Waals surface area contributed by atoms with Crippen LogP contribution in [-0.2, 0) is 10.3 Å².